The van der Waals surface area contributed by atoms with Gasteiger partial charge < -0.3 is 4.42 Å². The molecule has 0 radical (unpaired) electrons. The minimum absolute atomic E-state index is 0.00828. The van der Waals surface area contributed by atoms with Gasteiger partial charge in [-0.1, -0.05) is 18.2 Å². The number of hydrogen-bond acceptors (Lipinski definition) is 3. The summed E-state index contributed by atoms with van der Waals surface area (Å²) in [6.07, 6.45) is 3.29. The highest BCUT2D eigenvalue weighted by atomic mass is 16.3. The minimum Gasteiger partial charge on any atom is -0.453 e. The van der Waals surface area contributed by atoms with Crippen LogP contribution in [-0.2, 0) is 13.1 Å². The summed E-state index contributed by atoms with van der Waals surface area (Å²) < 4.78 is 8.44. The lowest BCUT2D eigenvalue weighted by Crippen LogP contribution is -2.26. The third-order valence-corrected chi connectivity index (χ3v) is 3.27. The van der Waals surface area contributed by atoms with Gasteiger partial charge in [0.2, 0.25) is 5.78 Å². The monoisotopic (exact) mass is 270 g/mol. The number of aryl methyl sites for hydroxylation is 1. The topological polar surface area (TPSA) is 57.1 Å². The second-order valence-corrected chi connectivity index (χ2v) is 4.57. The number of hydrogen-bond donors (Lipinski definition) is 0. The number of imidazole rings is 1. The number of benzene rings is 1. The van der Waals surface area contributed by atoms with E-state index in [-0.39, 0.29) is 23.8 Å². The van der Waals surface area contributed by atoms with Crippen molar-refractivity contribution in [1.29, 1.82) is 0 Å². The lowest BCUT2D eigenvalue weighted by molar-refractivity contribution is 0.0945. The lowest BCUT2D eigenvalue weighted by Gasteiger charge is -1.98. The Balaban J connectivity index is 1.89. The van der Waals surface area contributed by atoms with Gasteiger partial charge in [-0.3, -0.25) is 13.9 Å². The van der Waals surface area contributed by atoms with Crippen LogP contribution in [0.25, 0.3) is 11.0 Å². The highest BCUT2D eigenvalue weighted by molar-refractivity contribution is 5.97. The molecule has 0 aliphatic rings. The van der Waals surface area contributed by atoms with Gasteiger partial charge in [-0.2, -0.15) is 0 Å². The van der Waals surface area contributed by atoms with E-state index in [0.29, 0.717) is 12.1 Å². The second kappa shape index (κ2) is 4.85. The molecule has 0 spiro atoms. The zero-order valence-electron chi connectivity index (χ0n) is 11.1. The van der Waals surface area contributed by atoms with Crippen LogP contribution in [0.1, 0.15) is 17.5 Å². The number of fused-ring (bicyclic) bond motifs is 1. The van der Waals surface area contributed by atoms with Crippen LogP contribution >= 0.6 is 0 Å². The highest BCUT2D eigenvalue weighted by Gasteiger charge is 2.14. The van der Waals surface area contributed by atoms with E-state index in [1.165, 1.54) is 4.57 Å². The van der Waals surface area contributed by atoms with Crippen LogP contribution in [0.2, 0.25) is 0 Å². The van der Waals surface area contributed by atoms with Crippen LogP contribution in [0.5, 0.6) is 0 Å². The summed E-state index contributed by atoms with van der Waals surface area (Å²) in [7, 11) is 0. The van der Waals surface area contributed by atoms with Crippen LogP contribution in [0, 0.1) is 0 Å². The molecule has 0 fully saturated rings. The zero-order valence-corrected chi connectivity index (χ0v) is 11.1. The average Bonchev–Trinajstić information content (AvgIpc) is 3.03. The number of carbonyl (C=O) groups excluding carboxylic acids is 1. The van der Waals surface area contributed by atoms with E-state index in [2.05, 4.69) is 0 Å². The Labute approximate surface area is 115 Å². The first-order valence-electron chi connectivity index (χ1n) is 6.46. The summed E-state index contributed by atoms with van der Waals surface area (Å²) >= 11 is 0. The van der Waals surface area contributed by atoms with Gasteiger partial charge in [-0.25, -0.2) is 4.79 Å². The fourth-order valence-electron chi connectivity index (χ4n) is 2.17. The van der Waals surface area contributed by atoms with Gasteiger partial charge in [-0.15, -0.1) is 0 Å². The first kappa shape index (κ1) is 12.5. The van der Waals surface area contributed by atoms with E-state index >= 15 is 0 Å². The van der Waals surface area contributed by atoms with Gasteiger partial charge in [0.25, 0.3) is 0 Å². The van der Waals surface area contributed by atoms with Crippen LogP contribution in [0.4, 0.5) is 0 Å². The van der Waals surface area contributed by atoms with Crippen LogP contribution < -0.4 is 5.69 Å². The SMILES string of the molecule is CCn1ccn(CC(=O)c2cc3ccccc3o2)c1=O. The molecule has 0 saturated carbocycles. The van der Waals surface area contributed by atoms with Gasteiger partial charge in [-0.05, 0) is 19.1 Å². The Hall–Kier alpha value is -2.56. The maximum Gasteiger partial charge on any atom is 0.328 e. The van der Waals surface area contributed by atoms with Crippen molar-refractivity contribution in [1.82, 2.24) is 9.13 Å². The van der Waals surface area contributed by atoms with E-state index in [1.54, 1.807) is 23.0 Å². The molecule has 20 heavy (non-hydrogen) atoms. The van der Waals surface area contributed by atoms with Gasteiger partial charge in [0.1, 0.15) is 5.58 Å². The molecule has 0 amide bonds. The minimum atomic E-state index is -0.211. The van der Waals surface area contributed by atoms with Crippen molar-refractivity contribution < 1.29 is 9.21 Å². The van der Waals surface area contributed by atoms with E-state index in [4.69, 9.17) is 4.42 Å². The molecule has 0 bridgehead atoms. The first-order chi connectivity index (χ1) is 9.69. The van der Waals surface area contributed by atoms with E-state index in [1.807, 2.05) is 31.2 Å². The predicted molar refractivity (Wildman–Crippen MR) is 74.9 cm³/mol. The fraction of sp³-hybridized carbons (Fsp3) is 0.200. The molecule has 5 heteroatoms. The molecule has 0 N–H and O–H groups in total. The number of aromatic nitrogens is 2. The summed E-state index contributed by atoms with van der Waals surface area (Å²) in [5.41, 5.74) is 0.492. The maximum atomic E-state index is 12.2. The first-order valence-corrected chi connectivity index (χ1v) is 6.46. The molecule has 1 aromatic carbocycles. The van der Waals surface area contributed by atoms with Crippen molar-refractivity contribution in [3.05, 3.63) is 59.0 Å². The van der Waals surface area contributed by atoms with Gasteiger partial charge in [0, 0.05) is 24.3 Å². The largest absolute Gasteiger partial charge is 0.453 e. The molecule has 0 aliphatic heterocycles. The molecule has 0 atom stereocenters. The average molecular weight is 270 g/mol. The fourth-order valence-corrected chi connectivity index (χ4v) is 2.17. The number of para-hydroxylation sites is 1. The summed E-state index contributed by atoms with van der Waals surface area (Å²) in [4.78, 5) is 24.1. The van der Waals surface area contributed by atoms with Crippen molar-refractivity contribution in [2.24, 2.45) is 0 Å². The Kier molecular flexibility index (Phi) is 3.02. The number of carbonyl (C=O) groups is 1. The molecular formula is C15H14N2O3. The van der Waals surface area contributed by atoms with Crippen molar-refractivity contribution in [2.45, 2.75) is 20.0 Å². The molecule has 0 unspecified atom stereocenters. The molecule has 2 heterocycles. The lowest BCUT2D eigenvalue weighted by atomic mass is 10.2. The van der Waals surface area contributed by atoms with Crippen molar-refractivity contribution in [2.75, 3.05) is 0 Å². The van der Waals surface area contributed by atoms with E-state index < -0.39 is 0 Å². The van der Waals surface area contributed by atoms with Gasteiger partial charge in [0.15, 0.2) is 5.76 Å². The smallest absolute Gasteiger partial charge is 0.328 e. The van der Waals surface area contributed by atoms with Crippen molar-refractivity contribution in [3.63, 3.8) is 0 Å². The highest BCUT2D eigenvalue weighted by Crippen LogP contribution is 2.19. The third kappa shape index (κ3) is 2.07. The molecular weight excluding hydrogens is 256 g/mol. The Bertz CT molecular complexity index is 790. The summed E-state index contributed by atoms with van der Waals surface area (Å²) in [5.74, 6) is 0.0690. The number of ketones is 1. The summed E-state index contributed by atoms with van der Waals surface area (Å²) in [6, 6.07) is 9.14. The third-order valence-electron chi connectivity index (χ3n) is 3.27. The second-order valence-electron chi connectivity index (χ2n) is 4.57. The normalized spacial score (nSPS) is 11.1. The summed E-state index contributed by atoms with van der Waals surface area (Å²) in [5, 5.41) is 0.884. The van der Waals surface area contributed by atoms with Crippen LogP contribution in [-0.4, -0.2) is 14.9 Å². The molecule has 3 rings (SSSR count). The maximum absolute atomic E-state index is 12.2. The Morgan fingerprint density at radius 1 is 1.20 bits per heavy atom. The molecule has 102 valence electrons. The zero-order chi connectivity index (χ0) is 14.1. The Morgan fingerprint density at radius 3 is 2.65 bits per heavy atom. The number of furan rings is 1. The van der Waals surface area contributed by atoms with E-state index in [0.717, 1.165) is 5.39 Å². The predicted octanol–water partition coefficient (Wildman–Crippen LogP) is 2.30. The number of Topliss-reactive ketones (excluding diaryl/α,β-unsaturated/α-hetero) is 1. The standard InChI is InChI=1S/C15H14N2O3/c1-2-16-7-8-17(15(16)19)10-12(18)14-9-11-5-3-4-6-13(11)20-14/h3-9H,2,10H2,1H3. The molecule has 0 saturated heterocycles. The quantitative estimate of drug-likeness (QED) is 0.683. The van der Waals surface area contributed by atoms with Crippen molar-refractivity contribution in [3.8, 4) is 0 Å². The number of nitrogens with zero attached hydrogens (tertiary/aromatic N) is 2. The van der Waals surface area contributed by atoms with Crippen molar-refractivity contribution >= 4 is 16.8 Å². The van der Waals surface area contributed by atoms with Crippen LogP contribution in [0.3, 0.4) is 0 Å². The number of rotatable bonds is 4. The Morgan fingerprint density at radius 2 is 1.95 bits per heavy atom. The van der Waals surface area contributed by atoms with E-state index in [9.17, 15) is 9.59 Å². The van der Waals surface area contributed by atoms with Gasteiger partial charge >= 0.3 is 5.69 Å². The molecule has 0 aliphatic carbocycles. The summed E-state index contributed by atoms with van der Waals surface area (Å²) in [6.45, 7) is 2.46. The molecule has 3 aromatic rings. The molecule has 5 nitrogen and oxygen atoms in total. The van der Waals surface area contributed by atoms with Crippen LogP contribution in [0.15, 0.2) is 51.9 Å². The molecule has 2 aromatic heterocycles. The van der Waals surface area contributed by atoms with Gasteiger partial charge in [0.05, 0.1) is 6.54 Å².